The second-order valence-corrected chi connectivity index (χ2v) is 7.50. The number of carboxylic acid groups (broad SMARTS) is 1. The quantitative estimate of drug-likeness (QED) is 0.465. The second-order valence-electron chi connectivity index (χ2n) is 7.50. The molecule has 2 aliphatic heterocycles. The Morgan fingerprint density at radius 2 is 1.78 bits per heavy atom. The summed E-state index contributed by atoms with van der Waals surface area (Å²) in [5.74, 6) is -2.39. The molecule has 4 rings (SSSR count). The van der Waals surface area contributed by atoms with Crippen LogP contribution in [0.1, 0.15) is 27.0 Å². The Morgan fingerprint density at radius 3 is 2.53 bits per heavy atom. The summed E-state index contributed by atoms with van der Waals surface area (Å²) < 4.78 is 15.4. The molecule has 0 aromatic heterocycles. The molecule has 1 saturated heterocycles. The van der Waals surface area contributed by atoms with Crippen LogP contribution in [0.3, 0.4) is 0 Å². The van der Waals surface area contributed by atoms with Crippen LogP contribution in [0.4, 0.5) is 0 Å². The lowest BCUT2D eigenvalue weighted by Crippen LogP contribution is -2.61. The minimum Gasteiger partial charge on any atom is -0.488 e. The first-order valence-corrected chi connectivity index (χ1v) is 9.76. The third-order valence-electron chi connectivity index (χ3n) is 5.35. The number of rotatable bonds is 4. The Morgan fingerprint density at radius 1 is 1.03 bits per heavy atom. The molecule has 10 nitrogen and oxygen atoms in total. The normalized spacial score (nSPS) is 26.8. The molecule has 0 saturated carbocycles. The maximum Gasteiger partial charge on any atom is 0.335 e. The highest BCUT2D eigenvalue weighted by Gasteiger charge is 2.49. The topological polar surface area (TPSA) is 160 Å². The number of ether oxygens (including phenoxy) is 3. The monoisotopic (exact) mass is 444 g/mol. The van der Waals surface area contributed by atoms with E-state index < -0.39 is 42.6 Å². The van der Waals surface area contributed by atoms with Crippen molar-refractivity contribution in [3.05, 3.63) is 64.7 Å². The molecule has 0 bridgehead atoms. The fourth-order valence-corrected chi connectivity index (χ4v) is 3.71. The number of carboxylic acids is 1. The number of aliphatic carboxylic acids is 1. The van der Waals surface area contributed by atoms with E-state index in [1.807, 2.05) is 0 Å². The lowest BCUT2D eigenvalue weighted by Gasteiger charge is -2.38. The molecular weight excluding hydrogens is 424 g/mol. The van der Waals surface area contributed by atoms with Gasteiger partial charge in [0.15, 0.2) is 24.3 Å². The van der Waals surface area contributed by atoms with Crippen molar-refractivity contribution >= 4 is 17.7 Å². The SMILES string of the molecule is O=C(Cc1ccc2c(c1)C(=O)c1ccccc1CO2)O[C@@H]1[C@@H](O)[C@H](O)O[C@H](C(=O)O)[C@H]1O. The number of aliphatic hydroxyl groups is 3. The van der Waals surface area contributed by atoms with E-state index in [4.69, 9.17) is 14.6 Å². The van der Waals surface area contributed by atoms with E-state index in [0.29, 0.717) is 16.9 Å². The number of ketones is 1. The summed E-state index contributed by atoms with van der Waals surface area (Å²) in [5, 5.41) is 38.8. The molecule has 5 atom stereocenters. The van der Waals surface area contributed by atoms with Crippen molar-refractivity contribution in [1.29, 1.82) is 0 Å². The van der Waals surface area contributed by atoms with E-state index in [1.165, 1.54) is 6.07 Å². The van der Waals surface area contributed by atoms with Gasteiger partial charge in [-0.2, -0.15) is 0 Å². The van der Waals surface area contributed by atoms with Crippen LogP contribution in [0, 0.1) is 0 Å². The van der Waals surface area contributed by atoms with E-state index in [-0.39, 0.29) is 24.4 Å². The molecule has 2 aliphatic rings. The molecule has 0 spiro atoms. The third kappa shape index (κ3) is 4.08. The highest BCUT2D eigenvalue weighted by Crippen LogP contribution is 2.30. The van der Waals surface area contributed by atoms with Crippen LogP contribution in [0.5, 0.6) is 5.75 Å². The number of carbonyl (C=O) groups excluding carboxylic acids is 2. The number of esters is 1. The molecule has 0 unspecified atom stereocenters. The zero-order valence-electron chi connectivity index (χ0n) is 16.6. The zero-order chi connectivity index (χ0) is 23.0. The number of aliphatic hydroxyl groups excluding tert-OH is 3. The largest absolute Gasteiger partial charge is 0.488 e. The van der Waals surface area contributed by atoms with Crippen molar-refractivity contribution < 1.29 is 49.0 Å². The van der Waals surface area contributed by atoms with Gasteiger partial charge in [0.25, 0.3) is 0 Å². The molecular formula is C22H20O10. The standard InChI is InChI=1S/C22H20O10/c23-15(31-19-17(25)20(21(27)28)32-22(29)18(19)26)8-10-5-6-14-13(7-10)16(24)12-4-2-1-3-11(12)9-30-14/h1-7,17-20,22,25-26,29H,8-9H2,(H,27,28)/t17-,18+,19-,20-,22+/m0/s1. The summed E-state index contributed by atoms with van der Waals surface area (Å²) in [6.45, 7) is 0.225. The van der Waals surface area contributed by atoms with Crippen LogP contribution in [0.15, 0.2) is 42.5 Å². The Bertz CT molecular complexity index is 1060. The van der Waals surface area contributed by atoms with Gasteiger partial charge in [0, 0.05) is 11.1 Å². The third-order valence-corrected chi connectivity index (χ3v) is 5.35. The Labute approximate surface area is 181 Å². The van der Waals surface area contributed by atoms with Gasteiger partial charge in [-0.1, -0.05) is 30.3 Å². The molecule has 32 heavy (non-hydrogen) atoms. The minimum atomic E-state index is -1.96. The summed E-state index contributed by atoms with van der Waals surface area (Å²) in [6, 6.07) is 11.6. The van der Waals surface area contributed by atoms with Gasteiger partial charge in [-0.25, -0.2) is 4.79 Å². The number of hydrogen-bond acceptors (Lipinski definition) is 9. The Hall–Kier alpha value is -3.31. The van der Waals surface area contributed by atoms with Gasteiger partial charge in [-0.15, -0.1) is 0 Å². The fourth-order valence-electron chi connectivity index (χ4n) is 3.71. The molecule has 0 aliphatic carbocycles. The number of carbonyl (C=O) groups is 3. The maximum absolute atomic E-state index is 12.9. The number of fused-ring (bicyclic) bond motifs is 2. The smallest absolute Gasteiger partial charge is 0.335 e. The first-order chi connectivity index (χ1) is 15.3. The number of hydrogen-bond donors (Lipinski definition) is 4. The van der Waals surface area contributed by atoms with Crippen molar-refractivity contribution in [1.82, 2.24) is 0 Å². The van der Waals surface area contributed by atoms with E-state index in [0.717, 1.165) is 5.56 Å². The van der Waals surface area contributed by atoms with E-state index >= 15 is 0 Å². The van der Waals surface area contributed by atoms with Gasteiger partial charge in [-0.3, -0.25) is 9.59 Å². The van der Waals surface area contributed by atoms with Crippen LogP contribution in [0.2, 0.25) is 0 Å². The molecule has 0 amide bonds. The molecule has 10 heteroatoms. The predicted octanol–water partition coefficient (Wildman–Crippen LogP) is -0.212. The lowest BCUT2D eigenvalue weighted by molar-refractivity contribution is -0.283. The molecule has 168 valence electrons. The van der Waals surface area contributed by atoms with Gasteiger partial charge in [0.05, 0.1) is 12.0 Å². The summed E-state index contributed by atoms with van der Waals surface area (Å²) in [7, 11) is 0. The van der Waals surface area contributed by atoms with Crippen molar-refractivity contribution in [2.75, 3.05) is 0 Å². The molecule has 2 heterocycles. The lowest BCUT2D eigenvalue weighted by atomic mass is 9.97. The minimum absolute atomic E-state index is 0.225. The van der Waals surface area contributed by atoms with Crippen LogP contribution in [0.25, 0.3) is 0 Å². The summed E-state index contributed by atoms with van der Waals surface area (Å²) >= 11 is 0. The summed E-state index contributed by atoms with van der Waals surface area (Å²) in [4.78, 5) is 36.5. The average Bonchev–Trinajstić information content (AvgIpc) is 2.90. The van der Waals surface area contributed by atoms with Gasteiger partial charge in [-0.05, 0) is 17.7 Å². The van der Waals surface area contributed by atoms with Gasteiger partial charge in [0.2, 0.25) is 0 Å². The van der Waals surface area contributed by atoms with Gasteiger partial charge in [0.1, 0.15) is 24.6 Å². The van der Waals surface area contributed by atoms with Crippen molar-refractivity contribution in [3.63, 3.8) is 0 Å². The Kier molecular flexibility index (Phi) is 5.94. The first-order valence-electron chi connectivity index (χ1n) is 9.76. The summed E-state index contributed by atoms with van der Waals surface area (Å²) in [5.41, 5.74) is 1.90. The zero-order valence-corrected chi connectivity index (χ0v) is 16.6. The van der Waals surface area contributed by atoms with Crippen LogP contribution < -0.4 is 4.74 Å². The number of benzene rings is 2. The van der Waals surface area contributed by atoms with Crippen LogP contribution >= 0.6 is 0 Å². The van der Waals surface area contributed by atoms with Crippen molar-refractivity contribution in [2.45, 2.75) is 43.7 Å². The second kappa shape index (κ2) is 8.67. The van der Waals surface area contributed by atoms with E-state index in [2.05, 4.69) is 4.74 Å². The average molecular weight is 444 g/mol. The Balaban J connectivity index is 1.51. The fraction of sp³-hybridized carbons (Fsp3) is 0.318. The summed E-state index contributed by atoms with van der Waals surface area (Å²) in [6.07, 6.45) is -9.64. The van der Waals surface area contributed by atoms with Crippen molar-refractivity contribution in [3.8, 4) is 5.75 Å². The van der Waals surface area contributed by atoms with Crippen molar-refractivity contribution in [2.24, 2.45) is 0 Å². The first kappa shape index (κ1) is 21.9. The van der Waals surface area contributed by atoms with Crippen LogP contribution in [-0.2, 0) is 32.1 Å². The molecule has 2 aromatic rings. The van der Waals surface area contributed by atoms with Crippen LogP contribution in [-0.4, -0.2) is 68.9 Å². The molecule has 1 fully saturated rings. The highest BCUT2D eigenvalue weighted by atomic mass is 16.7. The molecule has 2 aromatic carbocycles. The van der Waals surface area contributed by atoms with E-state index in [9.17, 15) is 29.7 Å². The maximum atomic E-state index is 12.9. The van der Waals surface area contributed by atoms with E-state index in [1.54, 1.807) is 36.4 Å². The highest BCUT2D eigenvalue weighted by molar-refractivity contribution is 6.12. The molecule has 4 N–H and O–H groups in total. The predicted molar refractivity (Wildman–Crippen MR) is 105 cm³/mol. The molecule has 0 radical (unpaired) electrons. The van der Waals surface area contributed by atoms with Gasteiger partial charge >= 0.3 is 11.9 Å². The van der Waals surface area contributed by atoms with Gasteiger partial charge < -0.3 is 34.6 Å².